The van der Waals surface area contributed by atoms with Gasteiger partial charge in [-0.15, -0.1) is 0 Å². The van der Waals surface area contributed by atoms with E-state index >= 15 is 0 Å². The second kappa shape index (κ2) is 29.3. The van der Waals surface area contributed by atoms with Crippen molar-refractivity contribution >= 4 is 56.7 Å². The zero-order valence-electron chi connectivity index (χ0n) is 9.45. The van der Waals surface area contributed by atoms with Gasteiger partial charge in [0.1, 0.15) is 0 Å². The predicted molar refractivity (Wildman–Crippen MR) is 75.6 cm³/mol. The minimum atomic E-state index is 0.149. The summed E-state index contributed by atoms with van der Waals surface area (Å²) in [6.07, 6.45) is 5.84. The monoisotopic (exact) mass is 356 g/mol. The number of rotatable bonds is 6. The van der Waals surface area contributed by atoms with Gasteiger partial charge in [0, 0.05) is 0 Å². The number of hydrogen-bond donors (Lipinski definition) is 2. The van der Waals surface area contributed by atoms with Crippen LogP contribution in [-0.4, -0.2) is 42.5 Å². The minimum absolute atomic E-state index is 0.149. The van der Waals surface area contributed by atoms with E-state index in [2.05, 4.69) is 38.3 Å². The van der Waals surface area contributed by atoms with Crippen molar-refractivity contribution < 1.29 is 10.2 Å². The van der Waals surface area contributed by atoms with E-state index in [-0.39, 0.29) is 21.1 Å². The van der Waals surface area contributed by atoms with E-state index in [9.17, 15) is 0 Å². The number of hydrogen-bond acceptors (Lipinski definition) is 2. The number of unbranched alkanes of at least 4 members (excludes halogenated alkanes) is 2. The summed E-state index contributed by atoms with van der Waals surface area (Å²) in [5, 5.41) is 14.3. The summed E-state index contributed by atoms with van der Waals surface area (Å²) in [7, 11) is 0. The molecule has 0 aromatic heterocycles. The van der Waals surface area contributed by atoms with Crippen LogP contribution in [0.25, 0.3) is 0 Å². The largest absolute Gasteiger partial charge is 0.694 e. The molecule has 0 rings (SSSR count). The predicted octanol–water partition coefficient (Wildman–Crippen LogP) is 3.88. The zero-order chi connectivity index (χ0) is 12.4. The Morgan fingerprint density at radius 3 is 1.40 bits per heavy atom. The Bertz CT molecular complexity index is 102. The van der Waals surface area contributed by atoms with E-state index in [1.165, 1.54) is 36.8 Å². The first kappa shape index (κ1) is 20.9. The molecular formula is C10H20O2S2Sn. The van der Waals surface area contributed by atoms with Crippen molar-refractivity contribution in [3.63, 3.8) is 0 Å². The van der Waals surface area contributed by atoms with Crippen LogP contribution in [0.1, 0.15) is 39.5 Å². The van der Waals surface area contributed by atoms with Crippen LogP contribution in [0.3, 0.4) is 0 Å². The Balaban J connectivity index is -0.000000200. The molecule has 2 nitrogen and oxygen atoms in total. The maximum atomic E-state index is 7.13. The van der Waals surface area contributed by atoms with E-state index in [4.69, 9.17) is 10.2 Å². The summed E-state index contributed by atoms with van der Waals surface area (Å²) < 4.78 is 3.25. The molecule has 0 aliphatic heterocycles. The third kappa shape index (κ3) is 53.3. The van der Waals surface area contributed by atoms with E-state index in [0.717, 1.165) is 0 Å². The molecule has 88 valence electrons. The molecule has 0 heterocycles. The third-order valence-corrected chi connectivity index (χ3v) is 5.45. The maximum Gasteiger partial charge on any atom is -0.233 e. The van der Waals surface area contributed by atoms with Gasteiger partial charge < -0.3 is 34.6 Å². The molecule has 0 saturated carbocycles. The van der Waals surface area contributed by atoms with E-state index < -0.39 is 0 Å². The SMILES string of the molecule is CCC[CH2][Sn+2][CH2]CCC.O[C-]=S.O[C-]=S. The first-order chi connectivity index (χ1) is 7.24. The normalized spacial score (nSPS) is 7.07. The number of thiocarbonyl (C=S) groups is 2. The minimum Gasteiger partial charge on any atom is -0.694 e. The van der Waals surface area contributed by atoms with Crippen LogP contribution in [0.15, 0.2) is 0 Å². The van der Waals surface area contributed by atoms with E-state index in [0.29, 0.717) is 0 Å². The molecule has 0 saturated heterocycles. The quantitative estimate of drug-likeness (QED) is 0.328. The molecule has 0 atom stereocenters. The Morgan fingerprint density at radius 2 is 1.20 bits per heavy atom. The van der Waals surface area contributed by atoms with Gasteiger partial charge in [-0.2, -0.15) is 0 Å². The molecule has 0 aromatic carbocycles. The smallest absolute Gasteiger partial charge is 0.233 e. The van der Waals surface area contributed by atoms with Crippen LogP contribution in [-0.2, 0) is 0 Å². The van der Waals surface area contributed by atoms with Crippen LogP contribution in [0.5, 0.6) is 0 Å². The van der Waals surface area contributed by atoms with Gasteiger partial charge in [0.2, 0.25) is 0 Å². The Kier molecular flexibility index (Phi) is 40.9. The molecule has 5 heteroatoms. The number of aliphatic hydroxyl groups is 2. The van der Waals surface area contributed by atoms with Crippen LogP contribution >= 0.6 is 24.4 Å². The second-order valence-corrected chi connectivity index (χ2v) is 7.29. The average Bonchev–Trinajstić information content (AvgIpc) is 2.20. The Labute approximate surface area is 115 Å². The fourth-order valence-corrected chi connectivity index (χ4v) is 4.89. The molecule has 2 N–H and O–H groups in total. The summed E-state index contributed by atoms with van der Waals surface area (Å²) >= 11 is 7.55. The topological polar surface area (TPSA) is 40.5 Å². The fourth-order valence-electron chi connectivity index (χ4n) is 0.729. The molecule has 0 unspecified atom stereocenters. The third-order valence-electron chi connectivity index (χ3n) is 1.41. The summed E-state index contributed by atoms with van der Waals surface area (Å²) in [6, 6.07) is 0. The molecule has 0 aromatic rings. The molecule has 0 aliphatic carbocycles. The van der Waals surface area contributed by atoms with Gasteiger partial charge in [-0.05, 0) is 0 Å². The second-order valence-electron chi connectivity index (χ2n) is 2.64. The molecule has 0 bridgehead atoms. The standard InChI is InChI=1S/2C4H9.2CHOS.Sn/c2*1-3-4-2;2*2-1-3;/h2*1,3-4H2,2H3;2*(H,2,3);/q;;2*-1;+2. The Morgan fingerprint density at radius 1 is 0.933 bits per heavy atom. The van der Waals surface area contributed by atoms with Crippen molar-refractivity contribution in [2.75, 3.05) is 0 Å². The molecular weight excluding hydrogens is 335 g/mol. The van der Waals surface area contributed by atoms with Crippen LogP contribution in [0.4, 0.5) is 0 Å². The van der Waals surface area contributed by atoms with Crippen molar-refractivity contribution in [1.82, 2.24) is 0 Å². The molecule has 15 heavy (non-hydrogen) atoms. The van der Waals surface area contributed by atoms with Gasteiger partial charge in [-0.25, -0.2) is 11.1 Å². The van der Waals surface area contributed by atoms with Gasteiger partial charge in [0.05, 0.1) is 0 Å². The van der Waals surface area contributed by atoms with Gasteiger partial charge in [-0.3, -0.25) is 0 Å². The van der Waals surface area contributed by atoms with Crippen LogP contribution in [0, 0.1) is 0 Å². The molecule has 0 amide bonds. The number of aliphatic hydroxyl groups excluding tert-OH is 2. The van der Waals surface area contributed by atoms with Crippen molar-refractivity contribution in [3.8, 4) is 0 Å². The summed E-state index contributed by atoms with van der Waals surface area (Å²) in [5.41, 5.74) is 2.67. The van der Waals surface area contributed by atoms with E-state index in [1.54, 1.807) is 8.87 Å². The van der Waals surface area contributed by atoms with Crippen molar-refractivity contribution in [2.24, 2.45) is 0 Å². The van der Waals surface area contributed by atoms with Gasteiger partial charge >= 0.3 is 69.5 Å². The summed E-state index contributed by atoms with van der Waals surface area (Å²) in [6.45, 7) is 4.58. The molecule has 0 aliphatic rings. The molecule has 0 fully saturated rings. The molecule has 0 radical (unpaired) electrons. The van der Waals surface area contributed by atoms with Gasteiger partial charge in [-0.1, -0.05) is 0 Å². The summed E-state index contributed by atoms with van der Waals surface area (Å²) in [4.78, 5) is 0. The van der Waals surface area contributed by atoms with Crippen LogP contribution < -0.4 is 0 Å². The molecule has 0 spiro atoms. The van der Waals surface area contributed by atoms with Gasteiger partial charge in [0.25, 0.3) is 0 Å². The maximum absolute atomic E-state index is 7.13. The van der Waals surface area contributed by atoms with Crippen LogP contribution in [0.2, 0.25) is 8.87 Å². The van der Waals surface area contributed by atoms with Gasteiger partial charge in [0.15, 0.2) is 0 Å². The summed E-state index contributed by atoms with van der Waals surface area (Å²) in [5.74, 6) is 0. The van der Waals surface area contributed by atoms with Crippen molar-refractivity contribution in [3.05, 3.63) is 0 Å². The van der Waals surface area contributed by atoms with E-state index in [1.807, 2.05) is 0 Å². The Hall–Kier alpha value is 0.579. The average molecular weight is 355 g/mol. The van der Waals surface area contributed by atoms with Crippen molar-refractivity contribution in [2.45, 2.75) is 48.4 Å². The fraction of sp³-hybridized carbons (Fsp3) is 0.800. The zero-order valence-corrected chi connectivity index (χ0v) is 13.9. The first-order valence-corrected chi connectivity index (χ1v) is 9.83. The van der Waals surface area contributed by atoms with Crippen molar-refractivity contribution in [1.29, 1.82) is 0 Å². The first-order valence-electron chi connectivity index (χ1n) is 4.98.